The summed E-state index contributed by atoms with van der Waals surface area (Å²) in [5.74, 6) is 1.45. The van der Waals surface area contributed by atoms with Gasteiger partial charge in [0, 0.05) is 25.1 Å². The lowest BCUT2D eigenvalue weighted by molar-refractivity contribution is -0.124. The smallest absolute Gasteiger partial charge is 0.220 e. The molecule has 3 unspecified atom stereocenters. The number of amides is 1. The third-order valence-electron chi connectivity index (χ3n) is 5.42. The molecule has 1 heterocycles. The summed E-state index contributed by atoms with van der Waals surface area (Å²) in [4.78, 5) is 12.2. The van der Waals surface area contributed by atoms with E-state index in [0.29, 0.717) is 36.4 Å². The van der Waals surface area contributed by atoms with Gasteiger partial charge in [0.05, 0.1) is 6.10 Å². The third kappa shape index (κ3) is 3.34. The minimum atomic E-state index is 0.220. The molecule has 0 aromatic carbocycles. The molecule has 3 rings (SSSR count). The fraction of sp³-hybridized carbons (Fsp3) is 0.938. The highest BCUT2D eigenvalue weighted by molar-refractivity contribution is 5.76. The van der Waals surface area contributed by atoms with Gasteiger partial charge in [-0.15, -0.1) is 0 Å². The topological polar surface area (TPSA) is 64.3 Å². The zero-order valence-corrected chi connectivity index (χ0v) is 12.4. The van der Waals surface area contributed by atoms with Crippen molar-refractivity contribution in [3.8, 4) is 0 Å². The number of rotatable bonds is 4. The standard InChI is InChI=1S/C16H28N2O2/c17-13-9-11-3-1-4-12(10-13)16(11)18-15(19)7-6-14-5-2-8-20-14/h11-14,16H,1-10,17H2,(H,18,19). The van der Waals surface area contributed by atoms with Gasteiger partial charge in [-0.2, -0.15) is 0 Å². The first kappa shape index (κ1) is 14.3. The molecule has 2 bridgehead atoms. The highest BCUT2D eigenvalue weighted by atomic mass is 16.5. The maximum atomic E-state index is 12.2. The van der Waals surface area contributed by atoms with Crippen LogP contribution in [0.5, 0.6) is 0 Å². The molecule has 3 atom stereocenters. The SMILES string of the molecule is NC1CC2CCCC(C1)C2NC(=O)CCC1CCCO1. The molecule has 3 N–H and O–H groups in total. The van der Waals surface area contributed by atoms with Gasteiger partial charge in [-0.25, -0.2) is 0 Å². The lowest BCUT2D eigenvalue weighted by atomic mass is 9.67. The monoisotopic (exact) mass is 280 g/mol. The average Bonchev–Trinajstić information content (AvgIpc) is 2.91. The van der Waals surface area contributed by atoms with E-state index in [0.717, 1.165) is 38.7 Å². The van der Waals surface area contributed by atoms with Gasteiger partial charge in [0.2, 0.25) is 5.91 Å². The normalized spacial score (nSPS) is 40.5. The van der Waals surface area contributed by atoms with Crippen LogP contribution in [0.4, 0.5) is 0 Å². The van der Waals surface area contributed by atoms with E-state index in [1.54, 1.807) is 0 Å². The van der Waals surface area contributed by atoms with Crippen molar-refractivity contribution in [3.63, 3.8) is 0 Å². The van der Waals surface area contributed by atoms with Crippen LogP contribution in [-0.2, 0) is 9.53 Å². The van der Waals surface area contributed by atoms with E-state index in [1.807, 2.05) is 0 Å². The summed E-state index contributed by atoms with van der Waals surface area (Å²) in [6.07, 6.45) is 10.1. The first-order valence-corrected chi connectivity index (χ1v) is 8.39. The van der Waals surface area contributed by atoms with Crippen molar-refractivity contribution >= 4 is 5.91 Å². The second kappa shape index (κ2) is 6.44. The summed E-state index contributed by atoms with van der Waals surface area (Å²) >= 11 is 0. The predicted molar refractivity (Wildman–Crippen MR) is 78.2 cm³/mol. The molecule has 20 heavy (non-hydrogen) atoms. The van der Waals surface area contributed by atoms with Gasteiger partial charge in [0.25, 0.3) is 0 Å². The fourth-order valence-electron chi connectivity index (χ4n) is 4.45. The summed E-state index contributed by atoms with van der Waals surface area (Å²) in [5, 5.41) is 3.32. The van der Waals surface area contributed by atoms with Crippen LogP contribution in [0.1, 0.15) is 57.8 Å². The number of carbonyl (C=O) groups is 1. The predicted octanol–water partition coefficient (Wildman–Crippen LogP) is 1.97. The van der Waals surface area contributed by atoms with Crippen molar-refractivity contribution in [1.82, 2.24) is 5.32 Å². The van der Waals surface area contributed by atoms with E-state index in [2.05, 4.69) is 5.32 Å². The van der Waals surface area contributed by atoms with E-state index in [4.69, 9.17) is 10.5 Å². The molecule has 0 aromatic rings. The Balaban J connectivity index is 1.47. The molecule has 4 heteroatoms. The number of hydrogen-bond acceptors (Lipinski definition) is 3. The van der Waals surface area contributed by atoms with Crippen LogP contribution < -0.4 is 11.1 Å². The van der Waals surface area contributed by atoms with Crippen molar-refractivity contribution < 1.29 is 9.53 Å². The molecule has 114 valence electrons. The van der Waals surface area contributed by atoms with Crippen molar-refractivity contribution in [2.45, 2.75) is 76.0 Å². The number of fused-ring (bicyclic) bond motifs is 2. The lowest BCUT2D eigenvalue weighted by Gasteiger charge is -2.45. The maximum Gasteiger partial charge on any atom is 0.220 e. The first-order valence-electron chi connectivity index (χ1n) is 8.39. The average molecular weight is 280 g/mol. The lowest BCUT2D eigenvalue weighted by Crippen LogP contribution is -2.53. The van der Waals surface area contributed by atoms with Gasteiger partial charge in [-0.1, -0.05) is 6.42 Å². The molecule has 0 aromatic heterocycles. The highest BCUT2D eigenvalue weighted by Crippen LogP contribution is 2.39. The van der Waals surface area contributed by atoms with Crippen molar-refractivity contribution in [3.05, 3.63) is 0 Å². The quantitative estimate of drug-likeness (QED) is 0.827. The van der Waals surface area contributed by atoms with Gasteiger partial charge in [0.15, 0.2) is 0 Å². The third-order valence-corrected chi connectivity index (χ3v) is 5.42. The number of nitrogens with two attached hydrogens (primary N) is 1. The van der Waals surface area contributed by atoms with Crippen LogP contribution in [0.15, 0.2) is 0 Å². The minimum Gasteiger partial charge on any atom is -0.378 e. The van der Waals surface area contributed by atoms with Crippen molar-refractivity contribution in [2.75, 3.05) is 6.61 Å². The number of hydrogen-bond donors (Lipinski definition) is 2. The molecule has 1 aliphatic heterocycles. The van der Waals surface area contributed by atoms with Crippen LogP contribution in [0.25, 0.3) is 0 Å². The van der Waals surface area contributed by atoms with Crippen LogP contribution >= 0.6 is 0 Å². The summed E-state index contributed by atoms with van der Waals surface area (Å²) in [7, 11) is 0. The zero-order chi connectivity index (χ0) is 13.9. The number of carbonyl (C=O) groups excluding carboxylic acids is 1. The van der Waals surface area contributed by atoms with Gasteiger partial charge in [-0.05, 0) is 56.8 Å². The summed E-state index contributed by atoms with van der Waals surface area (Å²) in [6.45, 7) is 0.872. The Hall–Kier alpha value is -0.610. The fourth-order valence-corrected chi connectivity index (χ4v) is 4.45. The molecule has 0 radical (unpaired) electrons. The van der Waals surface area contributed by atoms with Crippen LogP contribution in [0.2, 0.25) is 0 Å². The van der Waals surface area contributed by atoms with Crippen molar-refractivity contribution in [2.24, 2.45) is 17.6 Å². The molecule has 3 aliphatic rings. The Morgan fingerprint density at radius 2 is 1.90 bits per heavy atom. The second-order valence-corrected chi connectivity index (χ2v) is 6.95. The largest absolute Gasteiger partial charge is 0.378 e. The van der Waals surface area contributed by atoms with E-state index in [9.17, 15) is 4.79 Å². The Labute approximate surface area is 121 Å². The van der Waals surface area contributed by atoms with Gasteiger partial charge in [0.1, 0.15) is 0 Å². The summed E-state index contributed by atoms with van der Waals surface area (Å²) in [5.41, 5.74) is 6.13. The van der Waals surface area contributed by atoms with Gasteiger partial charge < -0.3 is 15.8 Å². The molecule has 0 spiro atoms. The van der Waals surface area contributed by atoms with E-state index in [-0.39, 0.29) is 5.91 Å². The van der Waals surface area contributed by atoms with E-state index >= 15 is 0 Å². The second-order valence-electron chi connectivity index (χ2n) is 6.95. The molecule has 1 amide bonds. The van der Waals surface area contributed by atoms with E-state index in [1.165, 1.54) is 19.3 Å². The number of ether oxygens (including phenoxy) is 1. The van der Waals surface area contributed by atoms with Gasteiger partial charge in [-0.3, -0.25) is 4.79 Å². The zero-order valence-electron chi connectivity index (χ0n) is 12.4. The highest BCUT2D eigenvalue weighted by Gasteiger charge is 2.39. The Bertz CT molecular complexity index is 327. The molecular weight excluding hydrogens is 252 g/mol. The summed E-state index contributed by atoms with van der Waals surface area (Å²) < 4.78 is 5.59. The Morgan fingerprint density at radius 3 is 2.55 bits per heavy atom. The minimum absolute atomic E-state index is 0.220. The molecule has 2 aliphatic carbocycles. The Kier molecular flexibility index (Phi) is 4.61. The van der Waals surface area contributed by atoms with Gasteiger partial charge >= 0.3 is 0 Å². The number of nitrogens with one attached hydrogen (secondary N) is 1. The first-order chi connectivity index (χ1) is 9.72. The Morgan fingerprint density at radius 1 is 1.15 bits per heavy atom. The van der Waals surface area contributed by atoms with Crippen molar-refractivity contribution in [1.29, 1.82) is 0 Å². The summed E-state index contributed by atoms with van der Waals surface area (Å²) in [6, 6.07) is 0.742. The molecular formula is C16H28N2O2. The van der Waals surface area contributed by atoms with Crippen LogP contribution in [-0.4, -0.2) is 30.7 Å². The maximum absolute atomic E-state index is 12.2. The molecule has 1 saturated heterocycles. The molecule has 4 nitrogen and oxygen atoms in total. The van der Waals surface area contributed by atoms with Crippen LogP contribution in [0, 0.1) is 11.8 Å². The molecule has 3 fully saturated rings. The van der Waals surface area contributed by atoms with E-state index < -0.39 is 0 Å². The molecule has 2 saturated carbocycles. The van der Waals surface area contributed by atoms with Crippen LogP contribution in [0.3, 0.4) is 0 Å².